The number of hydrogen-bond donors (Lipinski definition) is 0. The summed E-state index contributed by atoms with van der Waals surface area (Å²) in [5, 5.41) is 12.6. The first kappa shape index (κ1) is 61.4. The maximum absolute atomic E-state index is 6.91. The first-order valence-electron chi connectivity index (χ1n) is 32.5. The number of rotatable bonds is 15. The molecular weight excluding hydrogens is 1380 g/mol. The van der Waals surface area contributed by atoms with Gasteiger partial charge in [0, 0.05) is 44.3 Å². The Kier molecular flexibility index (Phi) is 16.5. The van der Waals surface area contributed by atoms with Gasteiger partial charge in [-0.25, -0.2) is 4.98 Å². The molecule has 16 rings (SSSR count). The van der Waals surface area contributed by atoms with E-state index in [0.29, 0.717) is 11.5 Å². The molecule has 0 bridgehead atoms. The van der Waals surface area contributed by atoms with Crippen LogP contribution in [-0.2, 0) is 26.5 Å². The third kappa shape index (κ3) is 10.6. The molecule has 0 fully saturated rings. The average Bonchev–Trinajstić information content (AvgIpc) is 0.903. The van der Waals surface area contributed by atoms with Crippen LogP contribution in [-0.4, -0.2) is 30.3 Å². The summed E-state index contributed by atoms with van der Waals surface area (Å²) in [6.07, 6.45) is 5.98. The Bertz CT molecular complexity index is 5060. The Morgan fingerprint density at radius 1 is 0.385 bits per heavy atom. The van der Waals surface area contributed by atoms with E-state index in [1.165, 1.54) is 47.1 Å². The van der Waals surface area contributed by atoms with E-state index in [-0.39, 0.29) is 26.5 Å². The second kappa shape index (κ2) is 25.8. The molecule has 0 aliphatic heterocycles. The maximum Gasteiger partial charge on any atom is 0.268 e. The third-order valence-corrected chi connectivity index (χ3v) is 28.6. The van der Waals surface area contributed by atoms with E-state index in [2.05, 4.69) is 374 Å². The molecule has 0 spiro atoms. The van der Waals surface area contributed by atoms with Gasteiger partial charge in [-0.2, -0.15) is 18.2 Å². The summed E-state index contributed by atoms with van der Waals surface area (Å²) in [4.78, 5) is 4.94. The van der Waals surface area contributed by atoms with Gasteiger partial charge in [0.25, 0.3) is 6.33 Å². The van der Waals surface area contributed by atoms with Crippen molar-refractivity contribution >= 4 is 90.5 Å². The van der Waals surface area contributed by atoms with Crippen LogP contribution in [0.4, 0.5) is 0 Å². The molecule has 0 unspecified atom stereocenters. The number of hydrogen-bond acceptors (Lipinski definition) is 2. The van der Waals surface area contributed by atoms with Crippen LogP contribution in [0, 0.1) is 18.5 Å². The minimum Gasteiger partial charge on any atom is -0.510 e. The van der Waals surface area contributed by atoms with Crippen LogP contribution in [0.3, 0.4) is 0 Å². The minimum atomic E-state index is -3.16. The zero-order valence-corrected chi connectivity index (χ0v) is 57.7. The minimum absolute atomic E-state index is 0. The third-order valence-electron chi connectivity index (χ3n) is 18.9. The quantitative estimate of drug-likeness (QED) is 0.0444. The number of aromatic nitrogens is 4. The smallest absolute Gasteiger partial charge is 0.268 e. The van der Waals surface area contributed by atoms with Crippen LogP contribution in [0.25, 0.3) is 72.3 Å². The van der Waals surface area contributed by atoms with Gasteiger partial charge in [-0.05, 0) is 104 Å². The Morgan fingerprint density at radius 3 is 1.32 bits per heavy atom. The summed E-state index contributed by atoms with van der Waals surface area (Å²) in [5.74, 6) is 1.94. The summed E-state index contributed by atoms with van der Waals surface area (Å²) in [7, 11) is -6.32. The monoisotopic (exact) mass is 1450 g/mol. The first-order chi connectivity index (χ1) is 46.8. The fourth-order valence-corrected chi connectivity index (χ4v) is 24.7. The molecule has 8 heteroatoms. The summed E-state index contributed by atoms with van der Waals surface area (Å²) in [6.45, 7) is 6.70. The molecule has 5 nitrogen and oxygen atoms in total. The van der Waals surface area contributed by atoms with Gasteiger partial charge < -0.3 is 13.9 Å². The van der Waals surface area contributed by atoms with Gasteiger partial charge in [-0.15, -0.1) is 29.7 Å². The van der Waals surface area contributed by atoms with Crippen molar-refractivity contribution in [2.24, 2.45) is 0 Å². The maximum atomic E-state index is 6.91. The molecule has 0 saturated carbocycles. The van der Waals surface area contributed by atoms with Crippen molar-refractivity contribution in [2.45, 2.75) is 26.2 Å². The summed E-state index contributed by atoms with van der Waals surface area (Å²) < 4.78 is 13.6. The zero-order valence-electron chi connectivity index (χ0n) is 53.4. The van der Waals surface area contributed by atoms with Crippen molar-refractivity contribution in [1.29, 1.82) is 0 Å². The first-order valence-corrected chi connectivity index (χ1v) is 36.5. The number of fused-ring (bicyclic) bond motifs is 4. The molecule has 3 heterocycles. The van der Waals surface area contributed by atoms with Crippen molar-refractivity contribution in [1.82, 2.24) is 14.1 Å². The zero-order chi connectivity index (χ0) is 63.9. The van der Waals surface area contributed by atoms with E-state index >= 15 is 0 Å². The summed E-state index contributed by atoms with van der Waals surface area (Å²) >= 11 is 0. The number of ether oxygens (including phenoxy) is 1. The standard InChI is InChI=1S/C88H66N4OSi2.Pt/c1-88(2,3)64-58-59-89-86(60-64)92-80-51-25-22-46-74(80)75-57-56-67(62-83(75)92)93-66-33-30-32-65(61-66)90-63-91(82-53-27-26-52-81(82)90)87-78(76-47-23-28-54-84(76)94(68-34-10-4-11-35-68,69-36-12-5-13-37-69)70-38-14-6-15-39-70)49-31-50-79(87)77-48-24-29-55-85(77)95(71-40-16-7-17-41-71,72-42-18-8-19-43-72)73-44-20-9-21-45-73;/h4-60H,1-3H3;/q-2;. The molecule has 0 atom stereocenters. The van der Waals surface area contributed by atoms with Crippen LogP contribution >= 0.6 is 0 Å². The van der Waals surface area contributed by atoms with Gasteiger partial charge in [0.05, 0.1) is 16.7 Å². The molecule has 0 aliphatic carbocycles. The van der Waals surface area contributed by atoms with Gasteiger partial charge in [-0.3, -0.25) is 4.57 Å². The van der Waals surface area contributed by atoms with Gasteiger partial charge in [0.2, 0.25) is 0 Å². The number of benzene rings is 13. The molecule has 96 heavy (non-hydrogen) atoms. The largest absolute Gasteiger partial charge is 0.510 e. The van der Waals surface area contributed by atoms with Crippen LogP contribution < -0.4 is 50.8 Å². The molecule has 0 amide bonds. The second-order valence-corrected chi connectivity index (χ2v) is 32.9. The molecule has 0 radical (unpaired) electrons. The number of para-hydroxylation sites is 4. The molecule has 464 valence electrons. The molecular formula is C88H66N4OPtSi2-2. The number of nitrogens with zero attached hydrogens (tertiary/aromatic N) is 4. The second-order valence-electron chi connectivity index (χ2n) is 25.3. The molecule has 0 saturated heterocycles. The predicted octanol–water partition coefficient (Wildman–Crippen LogP) is 15.0. The normalized spacial score (nSPS) is 11.8. The van der Waals surface area contributed by atoms with Gasteiger partial charge >= 0.3 is 0 Å². The fraction of sp³-hybridized carbons (Fsp3) is 0.0455. The van der Waals surface area contributed by atoms with Gasteiger partial charge in [-0.1, -0.05) is 317 Å². The molecule has 0 aliphatic rings. The van der Waals surface area contributed by atoms with Crippen LogP contribution in [0.5, 0.6) is 11.5 Å². The Labute approximate surface area is 577 Å². The van der Waals surface area contributed by atoms with Crippen molar-refractivity contribution < 1.29 is 30.4 Å². The number of imidazole rings is 1. The fourth-order valence-electron chi connectivity index (χ4n) is 14.7. The topological polar surface area (TPSA) is 35.9 Å². The summed E-state index contributed by atoms with van der Waals surface area (Å²) in [5.41, 5.74) is 11.2. The Morgan fingerprint density at radius 2 is 0.812 bits per heavy atom. The van der Waals surface area contributed by atoms with Crippen molar-refractivity contribution in [3.05, 3.63) is 370 Å². The van der Waals surface area contributed by atoms with Crippen molar-refractivity contribution in [2.75, 3.05) is 0 Å². The van der Waals surface area contributed by atoms with Crippen molar-refractivity contribution in [3.63, 3.8) is 0 Å². The van der Waals surface area contributed by atoms with Crippen LogP contribution in [0.2, 0.25) is 0 Å². The number of pyridine rings is 1. The molecule has 16 aromatic rings. The van der Waals surface area contributed by atoms with Crippen LogP contribution in [0.15, 0.2) is 346 Å². The van der Waals surface area contributed by atoms with E-state index < -0.39 is 16.1 Å². The van der Waals surface area contributed by atoms with E-state index in [1.807, 2.05) is 24.4 Å². The van der Waals surface area contributed by atoms with Gasteiger partial charge in [0.1, 0.15) is 5.82 Å². The van der Waals surface area contributed by atoms with E-state index in [0.717, 1.165) is 72.3 Å². The van der Waals surface area contributed by atoms with Gasteiger partial charge in [0.15, 0.2) is 16.1 Å². The summed E-state index contributed by atoms with van der Waals surface area (Å²) in [6, 6.07) is 132. The van der Waals surface area contributed by atoms with Crippen LogP contribution in [0.1, 0.15) is 26.3 Å². The van der Waals surface area contributed by atoms with Crippen molar-refractivity contribution in [3.8, 4) is 50.9 Å². The SMILES string of the molecule is CC(C)(C)c1ccnc(-n2c3[c-]c(Oc4[c-]c(-n5[c-][n+](-c6c(-c7ccccc7[Si](c7ccccc7)(c7ccccc7)c7ccccc7)cccc6-c6ccccc6[Si](c6ccccc6)(c6ccccc6)c6ccccc6)c6ccccc65)ccc4)ccc3c3ccccc32)c1.[Pt]. The Hall–Kier alpha value is -10.8. The molecule has 13 aromatic carbocycles. The van der Waals surface area contributed by atoms with E-state index in [4.69, 9.17) is 9.72 Å². The predicted molar refractivity (Wildman–Crippen MR) is 397 cm³/mol. The van der Waals surface area contributed by atoms with E-state index in [9.17, 15) is 0 Å². The van der Waals surface area contributed by atoms with E-state index in [1.54, 1.807) is 0 Å². The Balaban J connectivity index is 0.00000756. The molecule has 0 N–H and O–H groups in total. The molecule has 3 aromatic heterocycles. The average molecular weight is 1450 g/mol.